The second-order valence-corrected chi connectivity index (χ2v) is 8.72. The lowest BCUT2D eigenvalue weighted by Gasteiger charge is -2.13. The first-order valence-corrected chi connectivity index (χ1v) is 11.7. The summed E-state index contributed by atoms with van der Waals surface area (Å²) in [5, 5.41) is 6.18. The molecule has 0 bridgehead atoms. The SMILES string of the molecule is CCc1nc2ccccc2c(C(=O)OCc2csc(CC(=O)Nc3ccccc3C)n2)c1C. The lowest BCUT2D eigenvalue weighted by atomic mass is 10.0. The van der Waals surface area contributed by atoms with Crippen LogP contribution in [-0.4, -0.2) is 21.8 Å². The van der Waals surface area contributed by atoms with Crippen LogP contribution in [0.25, 0.3) is 10.9 Å². The molecule has 168 valence electrons. The maximum absolute atomic E-state index is 13.0. The van der Waals surface area contributed by atoms with Crippen molar-refractivity contribution in [1.29, 1.82) is 0 Å². The zero-order chi connectivity index (χ0) is 23.4. The third kappa shape index (κ3) is 5.09. The monoisotopic (exact) mass is 459 g/mol. The number of pyridine rings is 1. The smallest absolute Gasteiger partial charge is 0.339 e. The molecule has 6 nitrogen and oxygen atoms in total. The highest BCUT2D eigenvalue weighted by Crippen LogP contribution is 2.25. The van der Waals surface area contributed by atoms with Crippen LogP contribution in [0.15, 0.2) is 53.9 Å². The average molecular weight is 460 g/mol. The zero-order valence-electron chi connectivity index (χ0n) is 18.8. The number of thiazole rings is 1. The second kappa shape index (κ2) is 9.92. The molecular formula is C26H25N3O3S. The van der Waals surface area contributed by atoms with E-state index in [9.17, 15) is 9.59 Å². The molecule has 4 aromatic rings. The lowest BCUT2D eigenvalue weighted by Crippen LogP contribution is -2.15. The van der Waals surface area contributed by atoms with Crippen LogP contribution < -0.4 is 5.32 Å². The Morgan fingerprint density at radius 2 is 1.79 bits per heavy atom. The van der Waals surface area contributed by atoms with Crippen molar-refractivity contribution < 1.29 is 14.3 Å². The first-order valence-electron chi connectivity index (χ1n) is 10.8. The number of esters is 1. The van der Waals surface area contributed by atoms with E-state index >= 15 is 0 Å². The Kier molecular flexibility index (Phi) is 6.79. The van der Waals surface area contributed by atoms with Crippen molar-refractivity contribution in [2.24, 2.45) is 0 Å². The summed E-state index contributed by atoms with van der Waals surface area (Å²) in [6, 6.07) is 15.2. The van der Waals surface area contributed by atoms with Gasteiger partial charge in [0.2, 0.25) is 5.91 Å². The number of aromatic nitrogens is 2. The fraction of sp³-hybridized carbons (Fsp3) is 0.231. The molecule has 0 fully saturated rings. The molecule has 0 atom stereocenters. The minimum Gasteiger partial charge on any atom is -0.456 e. The maximum atomic E-state index is 13.0. The van der Waals surface area contributed by atoms with Crippen LogP contribution in [0.5, 0.6) is 0 Å². The van der Waals surface area contributed by atoms with Gasteiger partial charge in [-0.2, -0.15) is 0 Å². The van der Waals surface area contributed by atoms with Crippen LogP contribution in [0, 0.1) is 13.8 Å². The van der Waals surface area contributed by atoms with Gasteiger partial charge in [0.1, 0.15) is 11.6 Å². The Morgan fingerprint density at radius 1 is 1.03 bits per heavy atom. The number of carbonyl (C=O) groups is 2. The van der Waals surface area contributed by atoms with E-state index in [4.69, 9.17) is 4.74 Å². The van der Waals surface area contributed by atoms with Crippen LogP contribution in [0.2, 0.25) is 0 Å². The topological polar surface area (TPSA) is 81.2 Å². The molecule has 1 amide bonds. The molecule has 0 aliphatic heterocycles. The number of para-hydroxylation sites is 2. The van der Waals surface area contributed by atoms with Gasteiger partial charge < -0.3 is 10.1 Å². The van der Waals surface area contributed by atoms with Crippen molar-refractivity contribution in [1.82, 2.24) is 9.97 Å². The molecule has 33 heavy (non-hydrogen) atoms. The predicted octanol–water partition coefficient (Wildman–Crippen LogP) is 5.41. The minimum absolute atomic E-state index is 0.0479. The van der Waals surface area contributed by atoms with E-state index in [0.717, 1.165) is 39.8 Å². The van der Waals surface area contributed by atoms with E-state index in [1.165, 1.54) is 11.3 Å². The molecule has 0 unspecified atom stereocenters. The third-order valence-electron chi connectivity index (χ3n) is 5.46. The van der Waals surface area contributed by atoms with E-state index in [1.807, 2.05) is 74.7 Å². The molecule has 0 spiro atoms. The highest BCUT2D eigenvalue weighted by molar-refractivity contribution is 7.09. The van der Waals surface area contributed by atoms with Crippen molar-refractivity contribution in [2.75, 3.05) is 5.32 Å². The molecule has 2 heterocycles. The Balaban J connectivity index is 1.43. The lowest BCUT2D eigenvalue weighted by molar-refractivity contribution is -0.115. The number of anilines is 1. The van der Waals surface area contributed by atoms with Crippen LogP contribution >= 0.6 is 11.3 Å². The highest BCUT2D eigenvalue weighted by Gasteiger charge is 2.19. The Hall–Kier alpha value is -3.58. The summed E-state index contributed by atoms with van der Waals surface area (Å²) in [4.78, 5) is 34.5. The standard InChI is InChI=1S/C26H25N3O3S/c1-4-20-17(3)25(19-10-6-8-12-22(19)28-20)26(31)32-14-18-15-33-24(27-18)13-23(30)29-21-11-7-5-9-16(21)2/h5-12,15H,4,13-14H2,1-3H3,(H,29,30). The van der Waals surface area contributed by atoms with E-state index in [-0.39, 0.29) is 18.9 Å². The Morgan fingerprint density at radius 3 is 2.58 bits per heavy atom. The Labute approximate surface area is 196 Å². The van der Waals surface area contributed by atoms with Crippen molar-refractivity contribution in [3.63, 3.8) is 0 Å². The largest absolute Gasteiger partial charge is 0.456 e. The van der Waals surface area contributed by atoms with Gasteiger partial charge in [0.15, 0.2) is 0 Å². The molecular weight excluding hydrogens is 434 g/mol. The molecule has 0 radical (unpaired) electrons. The number of aryl methyl sites for hydroxylation is 2. The summed E-state index contributed by atoms with van der Waals surface area (Å²) >= 11 is 1.38. The second-order valence-electron chi connectivity index (χ2n) is 7.78. The van der Waals surface area contributed by atoms with Gasteiger partial charge in [0.25, 0.3) is 0 Å². The molecule has 0 saturated heterocycles. The third-order valence-corrected chi connectivity index (χ3v) is 6.35. The number of fused-ring (bicyclic) bond motifs is 1. The van der Waals surface area contributed by atoms with Crippen LogP contribution in [-0.2, 0) is 29.0 Å². The van der Waals surface area contributed by atoms with Gasteiger partial charge in [-0.05, 0) is 43.5 Å². The summed E-state index contributed by atoms with van der Waals surface area (Å²) in [7, 11) is 0. The quantitative estimate of drug-likeness (QED) is 0.374. The summed E-state index contributed by atoms with van der Waals surface area (Å²) in [6.45, 7) is 5.92. The number of amides is 1. The predicted molar refractivity (Wildman–Crippen MR) is 131 cm³/mol. The number of hydrogen-bond acceptors (Lipinski definition) is 6. The van der Waals surface area contributed by atoms with Gasteiger partial charge in [-0.15, -0.1) is 11.3 Å². The first kappa shape index (κ1) is 22.6. The number of benzene rings is 2. The normalized spacial score (nSPS) is 10.9. The molecule has 1 N–H and O–H groups in total. The summed E-state index contributed by atoms with van der Waals surface area (Å²) < 4.78 is 5.61. The molecule has 7 heteroatoms. The zero-order valence-corrected chi connectivity index (χ0v) is 19.7. The number of ether oxygens (including phenoxy) is 1. The van der Waals surface area contributed by atoms with E-state index in [0.29, 0.717) is 16.3 Å². The van der Waals surface area contributed by atoms with Gasteiger partial charge in [-0.3, -0.25) is 9.78 Å². The molecule has 4 rings (SSSR count). The van der Waals surface area contributed by atoms with Gasteiger partial charge in [0, 0.05) is 22.1 Å². The number of carbonyl (C=O) groups excluding carboxylic acids is 2. The van der Waals surface area contributed by atoms with Crippen molar-refractivity contribution in [2.45, 2.75) is 40.2 Å². The molecule has 0 aliphatic carbocycles. The van der Waals surface area contributed by atoms with E-state index in [1.54, 1.807) is 0 Å². The molecule has 0 saturated carbocycles. The molecule has 0 aliphatic rings. The number of nitrogens with one attached hydrogen (secondary N) is 1. The number of rotatable bonds is 7. The van der Waals surface area contributed by atoms with Gasteiger partial charge in [-0.1, -0.05) is 43.3 Å². The summed E-state index contributed by atoms with van der Waals surface area (Å²) in [6.07, 6.45) is 0.901. The molecule has 2 aromatic carbocycles. The van der Waals surface area contributed by atoms with Crippen LogP contribution in [0.4, 0.5) is 5.69 Å². The maximum Gasteiger partial charge on any atom is 0.339 e. The van der Waals surface area contributed by atoms with Crippen LogP contribution in [0.1, 0.15) is 44.8 Å². The van der Waals surface area contributed by atoms with Gasteiger partial charge in [-0.25, -0.2) is 9.78 Å². The van der Waals surface area contributed by atoms with Gasteiger partial charge >= 0.3 is 5.97 Å². The van der Waals surface area contributed by atoms with Gasteiger partial charge in [0.05, 0.1) is 23.2 Å². The van der Waals surface area contributed by atoms with Crippen molar-refractivity contribution >= 4 is 39.8 Å². The summed E-state index contributed by atoms with van der Waals surface area (Å²) in [5.74, 6) is -0.527. The Bertz CT molecular complexity index is 1330. The number of nitrogens with zero attached hydrogens (tertiary/aromatic N) is 2. The first-order chi connectivity index (χ1) is 16.0. The molecule has 2 aromatic heterocycles. The minimum atomic E-state index is -0.396. The van der Waals surface area contributed by atoms with Crippen LogP contribution in [0.3, 0.4) is 0 Å². The van der Waals surface area contributed by atoms with Crippen molar-refractivity contribution in [3.05, 3.63) is 87.0 Å². The fourth-order valence-electron chi connectivity index (χ4n) is 3.72. The summed E-state index contributed by atoms with van der Waals surface area (Å²) in [5.41, 5.74) is 5.47. The number of hydrogen-bond donors (Lipinski definition) is 1. The van der Waals surface area contributed by atoms with E-state index in [2.05, 4.69) is 15.3 Å². The highest BCUT2D eigenvalue weighted by atomic mass is 32.1. The fourth-order valence-corrected chi connectivity index (χ4v) is 4.50. The van der Waals surface area contributed by atoms with E-state index < -0.39 is 5.97 Å². The van der Waals surface area contributed by atoms with Crippen molar-refractivity contribution in [3.8, 4) is 0 Å². The average Bonchev–Trinajstić information content (AvgIpc) is 3.25.